The molecule has 3 heterocycles. The summed E-state index contributed by atoms with van der Waals surface area (Å²) in [6, 6.07) is 4.26. The molecule has 0 amide bonds. The molecule has 0 saturated carbocycles. The zero-order valence-corrected chi connectivity index (χ0v) is 11.0. The molecule has 5 heteroatoms. The van der Waals surface area contributed by atoms with E-state index >= 15 is 0 Å². The van der Waals surface area contributed by atoms with E-state index in [4.69, 9.17) is 4.74 Å². The van der Waals surface area contributed by atoms with Crippen LogP contribution in [0.3, 0.4) is 0 Å². The third-order valence-corrected chi connectivity index (χ3v) is 4.30. The summed E-state index contributed by atoms with van der Waals surface area (Å²) in [5, 5.41) is 4.50. The van der Waals surface area contributed by atoms with Crippen molar-refractivity contribution < 1.29 is 4.74 Å². The van der Waals surface area contributed by atoms with Crippen LogP contribution in [-0.4, -0.2) is 29.7 Å². The first-order valence-corrected chi connectivity index (χ1v) is 6.85. The maximum absolute atomic E-state index is 5.51. The molecule has 0 bridgehead atoms. The highest BCUT2D eigenvalue weighted by Crippen LogP contribution is 2.32. The Morgan fingerprint density at radius 3 is 3.17 bits per heavy atom. The highest BCUT2D eigenvalue weighted by atomic mass is 32.1. The van der Waals surface area contributed by atoms with Crippen molar-refractivity contribution in [2.75, 3.05) is 19.8 Å². The zero-order chi connectivity index (χ0) is 12.4. The van der Waals surface area contributed by atoms with Gasteiger partial charge < -0.3 is 10.1 Å². The van der Waals surface area contributed by atoms with Gasteiger partial charge in [-0.15, -0.1) is 11.3 Å². The number of aromatic nitrogens is 2. The van der Waals surface area contributed by atoms with E-state index in [-0.39, 0.29) is 6.04 Å². The lowest BCUT2D eigenvalue weighted by Gasteiger charge is -2.22. The molecule has 1 aliphatic rings. The molecule has 1 saturated heterocycles. The number of morpholine rings is 1. The number of hydrogen-bond acceptors (Lipinski definition) is 5. The zero-order valence-electron chi connectivity index (χ0n) is 10.2. The molecule has 2 aromatic heterocycles. The number of rotatable bonds is 2. The van der Waals surface area contributed by atoms with Crippen molar-refractivity contribution in [3.05, 3.63) is 35.1 Å². The molecule has 1 atom stereocenters. The van der Waals surface area contributed by atoms with E-state index in [1.807, 2.05) is 18.3 Å². The number of nitrogens with one attached hydrogen (secondary N) is 1. The Kier molecular flexibility index (Phi) is 3.36. The van der Waals surface area contributed by atoms with E-state index < -0.39 is 0 Å². The maximum atomic E-state index is 5.51. The number of aryl methyl sites for hydroxylation is 1. The van der Waals surface area contributed by atoms with Crippen molar-refractivity contribution in [3.63, 3.8) is 0 Å². The first kappa shape index (κ1) is 11.8. The van der Waals surface area contributed by atoms with Gasteiger partial charge in [-0.25, -0.2) is 4.98 Å². The maximum Gasteiger partial charge on any atom is 0.125 e. The van der Waals surface area contributed by atoms with Crippen LogP contribution in [0.2, 0.25) is 0 Å². The standard InChI is InChI=1S/C13H15N3OS/c1-9-12(11-8-17-6-5-15-11)18-13(16-9)10-3-2-4-14-7-10/h2-4,7,11,15H,5-6,8H2,1H3. The van der Waals surface area contributed by atoms with Gasteiger partial charge in [-0.1, -0.05) is 0 Å². The van der Waals surface area contributed by atoms with Crippen LogP contribution < -0.4 is 5.32 Å². The monoisotopic (exact) mass is 261 g/mol. The average molecular weight is 261 g/mol. The van der Waals surface area contributed by atoms with Crippen LogP contribution in [0.5, 0.6) is 0 Å². The van der Waals surface area contributed by atoms with Crippen LogP contribution in [0.25, 0.3) is 10.6 Å². The quantitative estimate of drug-likeness (QED) is 0.900. The lowest BCUT2D eigenvalue weighted by molar-refractivity contribution is 0.0777. The Hall–Kier alpha value is -1.30. The lowest BCUT2D eigenvalue weighted by Crippen LogP contribution is -2.34. The predicted octanol–water partition coefficient (Wildman–Crippen LogP) is 2.17. The summed E-state index contributed by atoms with van der Waals surface area (Å²) in [6.07, 6.45) is 3.63. The first-order valence-electron chi connectivity index (χ1n) is 6.03. The van der Waals surface area contributed by atoms with Crippen molar-refractivity contribution in [1.82, 2.24) is 15.3 Å². The van der Waals surface area contributed by atoms with Crippen LogP contribution in [0, 0.1) is 6.92 Å². The molecule has 0 radical (unpaired) electrons. The first-order chi connectivity index (χ1) is 8.84. The van der Waals surface area contributed by atoms with Crippen molar-refractivity contribution in [2.24, 2.45) is 0 Å². The molecular weight excluding hydrogens is 246 g/mol. The second kappa shape index (κ2) is 5.14. The van der Waals surface area contributed by atoms with Crippen LogP contribution in [0.1, 0.15) is 16.6 Å². The minimum Gasteiger partial charge on any atom is -0.378 e. The van der Waals surface area contributed by atoms with Gasteiger partial charge in [-0.3, -0.25) is 4.98 Å². The molecule has 18 heavy (non-hydrogen) atoms. The number of nitrogens with zero attached hydrogens (tertiary/aromatic N) is 2. The number of pyridine rings is 1. The molecular formula is C13H15N3OS. The minimum atomic E-state index is 0.279. The molecule has 1 fully saturated rings. The Morgan fingerprint density at radius 2 is 2.44 bits per heavy atom. The summed E-state index contributed by atoms with van der Waals surface area (Å²) in [5.74, 6) is 0. The molecule has 4 nitrogen and oxygen atoms in total. The van der Waals surface area contributed by atoms with Crippen molar-refractivity contribution in [3.8, 4) is 10.6 Å². The topological polar surface area (TPSA) is 47.0 Å². The smallest absolute Gasteiger partial charge is 0.125 e. The second-order valence-electron chi connectivity index (χ2n) is 4.29. The van der Waals surface area contributed by atoms with E-state index in [1.165, 1.54) is 4.88 Å². The van der Waals surface area contributed by atoms with E-state index in [0.29, 0.717) is 0 Å². The van der Waals surface area contributed by atoms with Gasteiger partial charge in [-0.05, 0) is 19.1 Å². The lowest BCUT2D eigenvalue weighted by atomic mass is 10.2. The SMILES string of the molecule is Cc1nc(-c2cccnc2)sc1C1COCCN1. The second-order valence-corrected chi connectivity index (χ2v) is 5.32. The third-order valence-electron chi connectivity index (χ3n) is 2.98. The van der Waals surface area contributed by atoms with E-state index in [0.717, 1.165) is 36.0 Å². The summed E-state index contributed by atoms with van der Waals surface area (Å²) in [4.78, 5) is 10.0. The third kappa shape index (κ3) is 2.29. The molecule has 3 rings (SSSR count). The van der Waals surface area contributed by atoms with Crippen molar-refractivity contribution in [2.45, 2.75) is 13.0 Å². The molecule has 94 valence electrons. The molecule has 1 aliphatic heterocycles. The van der Waals surface area contributed by atoms with Crippen molar-refractivity contribution in [1.29, 1.82) is 0 Å². The fourth-order valence-electron chi connectivity index (χ4n) is 2.08. The molecule has 1 unspecified atom stereocenters. The van der Waals surface area contributed by atoms with Gasteiger partial charge in [0, 0.05) is 29.4 Å². The number of thiazole rings is 1. The molecule has 0 aromatic carbocycles. The largest absolute Gasteiger partial charge is 0.378 e. The average Bonchev–Trinajstić information content (AvgIpc) is 2.83. The summed E-state index contributed by atoms with van der Waals surface area (Å²) < 4.78 is 5.51. The summed E-state index contributed by atoms with van der Waals surface area (Å²) in [7, 11) is 0. The van der Waals surface area contributed by atoms with Crippen LogP contribution in [-0.2, 0) is 4.74 Å². The van der Waals surface area contributed by atoms with E-state index in [2.05, 4.69) is 22.2 Å². The van der Waals surface area contributed by atoms with Crippen LogP contribution in [0.4, 0.5) is 0 Å². The van der Waals surface area contributed by atoms with E-state index in [9.17, 15) is 0 Å². The highest BCUT2D eigenvalue weighted by Gasteiger charge is 2.21. The molecule has 2 aromatic rings. The Bertz CT molecular complexity index is 520. The van der Waals surface area contributed by atoms with Crippen LogP contribution >= 0.6 is 11.3 Å². The summed E-state index contributed by atoms with van der Waals surface area (Å²) in [6.45, 7) is 4.49. The van der Waals surface area contributed by atoms with E-state index in [1.54, 1.807) is 17.5 Å². The number of hydrogen-bond donors (Lipinski definition) is 1. The van der Waals surface area contributed by atoms with Gasteiger partial charge in [-0.2, -0.15) is 0 Å². The van der Waals surface area contributed by atoms with Gasteiger partial charge in [0.25, 0.3) is 0 Å². The van der Waals surface area contributed by atoms with Crippen molar-refractivity contribution >= 4 is 11.3 Å². The molecule has 0 aliphatic carbocycles. The summed E-state index contributed by atoms with van der Waals surface area (Å²) >= 11 is 1.73. The van der Waals surface area contributed by atoms with Gasteiger partial charge in [0.15, 0.2) is 0 Å². The molecule has 1 N–H and O–H groups in total. The van der Waals surface area contributed by atoms with Crippen LogP contribution in [0.15, 0.2) is 24.5 Å². The minimum absolute atomic E-state index is 0.279. The normalized spacial score (nSPS) is 19.9. The fraction of sp³-hybridized carbons (Fsp3) is 0.385. The van der Waals surface area contributed by atoms with Gasteiger partial charge in [0.1, 0.15) is 5.01 Å². The Morgan fingerprint density at radius 1 is 1.50 bits per heavy atom. The number of ether oxygens (including phenoxy) is 1. The highest BCUT2D eigenvalue weighted by molar-refractivity contribution is 7.15. The van der Waals surface area contributed by atoms with Gasteiger partial charge in [0.2, 0.25) is 0 Å². The molecule has 0 spiro atoms. The van der Waals surface area contributed by atoms with Gasteiger partial charge >= 0.3 is 0 Å². The Labute approximate surface area is 110 Å². The summed E-state index contributed by atoms with van der Waals surface area (Å²) in [5.41, 5.74) is 2.16. The van der Waals surface area contributed by atoms with Gasteiger partial charge in [0.05, 0.1) is 24.9 Å². The Balaban J connectivity index is 1.91. The fourth-order valence-corrected chi connectivity index (χ4v) is 3.19. The predicted molar refractivity (Wildman–Crippen MR) is 71.6 cm³/mol.